The van der Waals surface area contributed by atoms with E-state index < -0.39 is 0 Å². The number of halogens is 1. The van der Waals surface area contributed by atoms with Crippen LogP contribution in [-0.2, 0) is 11.2 Å². The number of anilines is 1. The summed E-state index contributed by atoms with van der Waals surface area (Å²) in [7, 11) is 0. The number of amides is 1. The van der Waals surface area contributed by atoms with Crippen molar-refractivity contribution in [2.24, 2.45) is 11.8 Å². The predicted molar refractivity (Wildman–Crippen MR) is 90.6 cm³/mol. The first-order chi connectivity index (χ1) is 9.65. The molecular weight excluding hydrogens is 284 g/mol. The maximum atomic E-state index is 11.9. The van der Waals surface area contributed by atoms with Gasteiger partial charge in [-0.3, -0.25) is 4.79 Å². The molecule has 1 amide bonds. The smallest absolute Gasteiger partial charge is 0.220 e. The first kappa shape index (κ1) is 17.8. The number of nitrogens with one attached hydrogen (secondary N) is 1. The minimum Gasteiger partial charge on any atom is -0.399 e. The molecule has 1 aliphatic carbocycles. The van der Waals surface area contributed by atoms with Crippen LogP contribution < -0.4 is 11.1 Å². The second kappa shape index (κ2) is 8.93. The third-order valence-electron chi connectivity index (χ3n) is 4.40. The number of hydrogen-bond acceptors (Lipinski definition) is 2. The average Bonchev–Trinajstić information content (AvgIpc) is 2.46. The molecule has 0 unspecified atom stereocenters. The van der Waals surface area contributed by atoms with Gasteiger partial charge in [0.1, 0.15) is 0 Å². The molecule has 1 aromatic carbocycles. The zero-order valence-corrected chi connectivity index (χ0v) is 13.6. The van der Waals surface area contributed by atoms with Crippen LogP contribution in [-0.4, -0.2) is 12.5 Å². The van der Waals surface area contributed by atoms with Crippen LogP contribution in [0.4, 0.5) is 5.69 Å². The standard InChI is InChI=1S/C17H26N2O.ClH/c1-13-6-8-14(9-7-13)12-19-17(20)11-10-15-4-2-3-5-16(15)18;/h2-5,13-14H,6-12,18H2,1H3,(H,19,20);1H. The van der Waals surface area contributed by atoms with E-state index in [1.807, 2.05) is 24.3 Å². The van der Waals surface area contributed by atoms with Gasteiger partial charge in [0, 0.05) is 18.7 Å². The Morgan fingerprint density at radius 1 is 1.24 bits per heavy atom. The number of benzene rings is 1. The highest BCUT2D eigenvalue weighted by atomic mass is 35.5. The summed E-state index contributed by atoms with van der Waals surface area (Å²) in [5.74, 6) is 1.69. The predicted octanol–water partition coefficient (Wildman–Crippen LogP) is 3.57. The summed E-state index contributed by atoms with van der Waals surface area (Å²) in [4.78, 5) is 11.9. The Labute approximate surface area is 134 Å². The average molecular weight is 311 g/mol. The van der Waals surface area contributed by atoms with Gasteiger partial charge in [-0.15, -0.1) is 12.4 Å². The van der Waals surface area contributed by atoms with E-state index in [4.69, 9.17) is 5.73 Å². The Kier molecular flexibility index (Phi) is 7.58. The Balaban J connectivity index is 0.00000220. The van der Waals surface area contributed by atoms with Gasteiger partial charge >= 0.3 is 0 Å². The molecule has 0 radical (unpaired) electrons. The molecule has 0 saturated heterocycles. The zero-order valence-electron chi connectivity index (χ0n) is 12.8. The lowest BCUT2D eigenvalue weighted by Crippen LogP contribution is -2.31. The summed E-state index contributed by atoms with van der Waals surface area (Å²) in [6.45, 7) is 3.16. The minimum atomic E-state index is 0. The molecular formula is C17H27ClN2O. The van der Waals surface area contributed by atoms with Gasteiger partial charge in [-0.2, -0.15) is 0 Å². The third-order valence-corrected chi connectivity index (χ3v) is 4.40. The molecule has 2 rings (SSSR count). The summed E-state index contributed by atoms with van der Waals surface area (Å²) >= 11 is 0. The van der Waals surface area contributed by atoms with Gasteiger partial charge in [0.25, 0.3) is 0 Å². The molecule has 21 heavy (non-hydrogen) atoms. The lowest BCUT2D eigenvalue weighted by molar-refractivity contribution is -0.121. The summed E-state index contributed by atoms with van der Waals surface area (Å²) < 4.78 is 0. The Morgan fingerprint density at radius 2 is 1.90 bits per heavy atom. The van der Waals surface area contributed by atoms with Gasteiger partial charge in [-0.05, 0) is 42.7 Å². The fourth-order valence-corrected chi connectivity index (χ4v) is 2.89. The van der Waals surface area contributed by atoms with Gasteiger partial charge in [-0.1, -0.05) is 38.0 Å². The first-order valence-corrected chi connectivity index (χ1v) is 7.75. The number of hydrogen-bond donors (Lipinski definition) is 2. The monoisotopic (exact) mass is 310 g/mol. The lowest BCUT2D eigenvalue weighted by Gasteiger charge is -2.26. The summed E-state index contributed by atoms with van der Waals surface area (Å²) in [6.07, 6.45) is 6.37. The van der Waals surface area contributed by atoms with Crippen molar-refractivity contribution in [1.82, 2.24) is 5.32 Å². The maximum Gasteiger partial charge on any atom is 0.220 e. The highest BCUT2D eigenvalue weighted by Gasteiger charge is 2.18. The van der Waals surface area contributed by atoms with Gasteiger partial charge in [0.05, 0.1) is 0 Å². The third kappa shape index (κ3) is 5.96. The number of aryl methyl sites for hydroxylation is 1. The van der Waals surface area contributed by atoms with Crippen LogP contribution >= 0.6 is 12.4 Å². The van der Waals surface area contributed by atoms with Crippen molar-refractivity contribution in [3.8, 4) is 0 Å². The van der Waals surface area contributed by atoms with Gasteiger partial charge in [0.2, 0.25) is 5.91 Å². The van der Waals surface area contributed by atoms with Crippen LogP contribution in [0.3, 0.4) is 0 Å². The van der Waals surface area contributed by atoms with Gasteiger partial charge in [-0.25, -0.2) is 0 Å². The first-order valence-electron chi connectivity index (χ1n) is 7.75. The Morgan fingerprint density at radius 3 is 2.57 bits per heavy atom. The summed E-state index contributed by atoms with van der Waals surface area (Å²) in [6, 6.07) is 7.76. The van der Waals surface area contributed by atoms with Crippen LogP contribution in [0.25, 0.3) is 0 Å². The lowest BCUT2D eigenvalue weighted by atomic mass is 9.83. The van der Waals surface area contributed by atoms with Gasteiger partial charge in [0.15, 0.2) is 0 Å². The molecule has 1 fully saturated rings. The maximum absolute atomic E-state index is 11.9. The molecule has 0 atom stereocenters. The van der Waals surface area contributed by atoms with Gasteiger partial charge < -0.3 is 11.1 Å². The molecule has 0 heterocycles. The molecule has 0 aliphatic heterocycles. The van der Waals surface area contributed by atoms with Crippen molar-refractivity contribution >= 4 is 24.0 Å². The minimum absolute atomic E-state index is 0. The van der Waals surface area contributed by atoms with Crippen LogP contribution in [0.15, 0.2) is 24.3 Å². The molecule has 1 saturated carbocycles. The quantitative estimate of drug-likeness (QED) is 0.817. The fraction of sp³-hybridized carbons (Fsp3) is 0.588. The van der Waals surface area contributed by atoms with Crippen molar-refractivity contribution in [3.05, 3.63) is 29.8 Å². The molecule has 1 aliphatic rings. The van der Waals surface area contributed by atoms with Crippen molar-refractivity contribution in [2.75, 3.05) is 12.3 Å². The van der Waals surface area contributed by atoms with Crippen LogP contribution in [0.2, 0.25) is 0 Å². The van der Waals surface area contributed by atoms with Crippen molar-refractivity contribution < 1.29 is 4.79 Å². The molecule has 0 spiro atoms. The molecule has 0 bridgehead atoms. The second-order valence-corrected chi connectivity index (χ2v) is 6.13. The van der Waals surface area contributed by atoms with Crippen molar-refractivity contribution in [3.63, 3.8) is 0 Å². The van der Waals surface area contributed by atoms with E-state index in [9.17, 15) is 4.79 Å². The number of para-hydroxylation sites is 1. The largest absolute Gasteiger partial charge is 0.399 e. The highest BCUT2D eigenvalue weighted by molar-refractivity contribution is 5.85. The number of carbonyl (C=O) groups is 1. The molecule has 4 heteroatoms. The molecule has 1 aromatic rings. The van der Waals surface area contributed by atoms with Crippen molar-refractivity contribution in [2.45, 2.75) is 45.4 Å². The van der Waals surface area contributed by atoms with E-state index in [0.29, 0.717) is 12.3 Å². The fourth-order valence-electron chi connectivity index (χ4n) is 2.89. The topological polar surface area (TPSA) is 55.1 Å². The van der Waals surface area contributed by atoms with E-state index in [1.54, 1.807) is 0 Å². The zero-order chi connectivity index (χ0) is 14.4. The second-order valence-electron chi connectivity index (χ2n) is 6.13. The van der Waals surface area contributed by atoms with Crippen LogP contribution in [0.1, 0.15) is 44.6 Å². The Bertz CT molecular complexity index is 442. The van der Waals surface area contributed by atoms with E-state index in [-0.39, 0.29) is 18.3 Å². The normalized spacial score (nSPS) is 21.4. The molecule has 3 nitrogen and oxygen atoms in total. The molecule has 118 valence electrons. The van der Waals surface area contributed by atoms with Crippen LogP contribution in [0, 0.1) is 11.8 Å². The number of carbonyl (C=O) groups excluding carboxylic acids is 1. The van der Waals surface area contributed by atoms with E-state index in [1.165, 1.54) is 25.7 Å². The highest BCUT2D eigenvalue weighted by Crippen LogP contribution is 2.27. The summed E-state index contributed by atoms with van der Waals surface area (Å²) in [5.41, 5.74) is 7.72. The number of nitrogen functional groups attached to an aromatic ring is 1. The number of rotatable bonds is 5. The summed E-state index contributed by atoms with van der Waals surface area (Å²) in [5, 5.41) is 3.08. The van der Waals surface area contributed by atoms with Crippen LogP contribution in [0.5, 0.6) is 0 Å². The molecule has 3 N–H and O–H groups in total. The van der Waals surface area contributed by atoms with E-state index in [0.717, 1.165) is 30.1 Å². The van der Waals surface area contributed by atoms with E-state index >= 15 is 0 Å². The SMILES string of the molecule is CC1CCC(CNC(=O)CCc2ccccc2N)CC1.Cl. The molecule has 0 aromatic heterocycles. The van der Waals surface area contributed by atoms with Crippen molar-refractivity contribution in [1.29, 1.82) is 0 Å². The number of nitrogens with two attached hydrogens (primary N) is 1. The Hall–Kier alpha value is -1.22. The van der Waals surface area contributed by atoms with E-state index in [2.05, 4.69) is 12.2 Å².